The summed E-state index contributed by atoms with van der Waals surface area (Å²) in [5.41, 5.74) is 2.24. The van der Waals surface area contributed by atoms with Crippen LogP contribution in [0.15, 0.2) is 77.7 Å². The van der Waals surface area contributed by atoms with E-state index in [4.69, 9.17) is 4.74 Å². The number of nitrogens with one attached hydrogen (secondary N) is 3. The number of hydrogen-bond acceptors (Lipinski definition) is 5. The summed E-state index contributed by atoms with van der Waals surface area (Å²) in [7, 11) is -2.08. The van der Waals surface area contributed by atoms with Crippen molar-refractivity contribution in [1.82, 2.24) is 4.72 Å². The minimum Gasteiger partial charge on any atom is -0.495 e. The first-order valence-electron chi connectivity index (χ1n) is 8.90. The van der Waals surface area contributed by atoms with E-state index < -0.39 is 16.2 Å². The van der Waals surface area contributed by atoms with Crippen molar-refractivity contribution >= 4 is 27.3 Å². The van der Waals surface area contributed by atoms with Crippen LogP contribution >= 0.6 is 0 Å². The number of hydrogen-bond donors (Lipinski definition) is 3. The maximum Gasteiger partial charge on any atom is 0.255 e. The summed E-state index contributed by atoms with van der Waals surface area (Å²) >= 11 is 0. The second-order valence-electron chi connectivity index (χ2n) is 6.47. The van der Waals surface area contributed by atoms with Crippen molar-refractivity contribution in [3.63, 3.8) is 0 Å². The van der Waals surface area contributed by atoms with Crippen molar-refractivity contribution in [2.45, 2.75) is 11.1 Å². The molecule has 1 amide bonds. The molecule has 4 rings (SSSR count). The molecule has 3 N–H and O–H groups in total. The molecular formula is C21H19N3O4S. The Balaban J connectivity index is 1.53. The summed E-state index contributed by atoms with van der Waals surface area (Å²) in [5, 5.41) is 5.98. The van der Waals surface area contributed by atoms with Crippen LogP contribution < -0.4 is 20.1 Å². The highest BCUT2D eigenvalue weighted by Crippen LogP contribution is 2.31. The highest BCUT2D eigenvalue weighted by Gasteiger charge is 2.29. The first kappa shape index (κ1) is 19.0. The Labute approximate surface area is 168 Å². The zero-order valence-corrected chi connectivity index (χ0v) is 16.4. The molecule has 0 bridgehead atoms. The average molecular weight is 409 g/mol. The van der Waals surface area contributed by atoms with E-state index in [0.29, 0.717) is 28.3 Å². The molecule has 0 spiro atoms. The number of rotatable bonds is 4. The molecule has 8 heteroatoms. The lowest BCUT2D eigenvalue weighted by Gasteiger charge is -2.28. The van der Waals surface area contributed by atoms with Gasteiger partial charge >= 0.3 is 0 Å². The molecule has 0 aliphatic carbocycles. The highest BCUT2D eigenvalue weighted by molar-refractivity contribution is 7.89. The summed E-state index contributed by atoms with van der Waals surface area (Å²) in [4.78, 5) is 12.8. The van der Waals surface area contributed by atoms with Crippen LogP contribution in [0.25, 0.3) is 0 Å². The lowest BCUT2D eigenvalue weighted by atomic mass is 10.1. The van der Waals surface area contributed by atoms with E-state index in [0.717, 1.165) is 0 Å². The molecule has 0 aromatic heterocycles. The number of sulfonamides is 1. The van der Waals surface area contributed by atoms with E-state index in [-0.39, 0.29) is 10.8 Å². The number of methoxy groups -OCH3 is 1. The summed E-state index contributed by atoms with van der Waals surface area (Å²) in [6, 6.07) is 20.6. The quantitative estimate of drug-likeness (QED) is 0.614. The predicted molar refractivity (Wildman–Crippen MR) is 111 cm³/mol. The van der Waals surface area contributed by atoms with Gasteiger partial charge in [0.05, 0.1) is 18.5 Å². The zero-order valence-electron chi connectivity index (χ0n) is 15.5. The van der Waals surface area contributed by atoms with Crippen molar-refractivity contribution in [2.24, 2.45) is 0 Å². The Morgan fingerprint density at radius 1 is 0.966 bits per heavy atom. The van der Waals surface area contributed by atoms with Crippen LogP contribution in [-0.4, -0.2) is 21.4 Å². The van der Waals surface area contributed by atoms with E-state index in [1.54, 1.807) is 66.7 Å². The Morgan fingerprint density at radius 2 is 1.66 bits per heavy atom. The first-order valence-corrected chi connectivity index (χ1v) is 10.4. The Bertz CT molecular complexity index is 1160. The summed E-state index contributed by atoms with van der Waals surface area (Å²) in [6.45, 7) is 0. The number of ether oxygens (including phenoxy) is 1. The molecule has 1 heterocycles. The fourth-order valence-electron chi connectivity index (χ4n) is 3.14. The lowest BCUT2D eigenvalue weighted by Crippen LogP contribution is -2.38. The molecule has 0 saturated heterocycles. The molecule has 3 aromatic carbocycles. The molecule has 0 fully saturated rings. The summed E-state index contributed by atoms with van der Waals surface area (Å²) in [5.74, 6) is 0.278. The molecule has 3 aromatic rings. The van der Waals surface area contributed by atoms with Gasteiger partial charge in [-0.1, -0.05) is 36.4 Å². The first-order chi connectivity index (χ1) is 14.0. The largest absolute Gasteiger partial charge is 0.495 e. The third-order valence-corrected chi connectivity index (χ3v) is 6.09. The van der Waals surface area contributed by atoms with E-state index in [1.165, 1.54) is 7.11 Å². The molecule has 1 atom stereocenters. The molecule has 0 radical (unpaired) electrons. The molecule has 7 nitrogen and oxygen atoms in total. The van der Waals surface area contributed by atoms with Gasteiger partial charge < -0.3 is 15.4 Å². The van der Waals surface area contributed by atoms with Crippen LogP contribution in [0.5, 0.6) is 5.75 Å². The van der Waals surface area contributed by atoms with E-state index in [9.17, 15) is 13.2 Å². The van der Waals surface area contributed by atoms with Crippen LogP contribution in [0.3, 0.4) is 0 Å². The number of fused-ring (bicyclic) bond motifs is 1. The molecule has 1 unspecified atom stereocenters. The molecule has 148 valence electrons. The van der Waals surface area contributed by atoms with Gasteiger partial charge in [-0.05, 0) is 42.0 Å². The van der Waals surface area contributed by atoms with Crippen LogP contribution in [0.4, 0.5) is 11.4 Å². The van der Waals surface area contributed by atoms with Gasteiger partial charge in [0.25, 0.3) is 5.91 Å². The van der Waals surface area contributed by atoms with Gasteiger partial charge in [0.15, 0.2) is 0 Å². The molecular weight excluding hydrogens is 390 g/mol. The van der Waals surface area contributed by atoms with Gasteiger partial charge in [0, 0.05) is 5.56 Å². The molecule has 0 saturated carbocycles. The van der Waals surface area contributed by atoms with Crippen molar-refractivity contribution in [3.8, 4) is 5.75 Å². The standard InChI is InChI=1S/C21H19N3O4S/c1-28-18-8-4-2-6-16(18)23-21(25)15-12-10-14(11-13-15)20-22-17-7-3-5-9-19(17)29(26,27)24-20/h2-13,20,22,24H,1H3,(H,23,25). The maximum atomic E-state index is 12.5. The fourth-order valence-corrected chi connectivity index (χ4v) is 4.45. The third kappa shape index (κ3) is 3.80. The van der Waals surface area contributed by atoms with Gasteiger partial charge in [0.1, 0.15) is 16.8 Å². The smallest absolute Gasteiger partial charge is 0.255 e. The second-order valence-corrected chi connectivity index (χ2v) is 8.15. The second kappa shape index (κ2) is 7.57. The number of carbonyl (C=O) groups excluding carboxylic acids is 1. The van der Waals surface area contributed by atoms with Gasteiger partial charge in [-0.25, -0.2) is 8.42 Å². The van der Waals surface area contributed by atoms with Crippen LogP contribution in [-0.2, 0) is 10.0 Å². The minimum atomic E-state index is -3.62. The number of amides is 1. The van der Waals surface area contributed by atoms with E-state index >= 15 is 0 Å². The molecule has 1 aliphatic heterocycles. The van der Waals surface area contributed by atoms with Crippen LogP contribution in [0, 0.1) is 0 Å². The molecule has 29 heavy (non-hydrogen) atoms. The Morgan fingerprint density at radius 3 is 2.41 bits per heavy atom. The van der Waals surface area contributed by atoms with Crippen molar-refractivity contribution in [2.75, 3.05) is 17.7 Å². The third-order valence-electron chi connectivity index (χ3n) is 4.61. The van der Waals surface area contributed by atoms with Gasteiger partial charge in [-0.2, -0.15) is 4.72 Å². The van der Waals surface area contributed by atoms with Crippen LogP contribution in [0.1, 0.15) is 22.1 Å². The van der Waals surface area contributed by atoms with E-state index in [2.05, 4.69) is 15.4 Å². The summed E-state index contributed by atoms with van der Waals surface area (Å²) in [6.07, 6.45) is -0.624. The minimum absolute atomic E-state index is 0.212. The Hall–Kier alpha value is -3.36. The number of carbonyl (C=O) groups is 1. The maximum absolute atomic E-state index is 12.5. The van der Waals surface area contributed by atoms with Crippen molar-refractivity contribution in [3.05, 3.63) is 83.9 Å². The van der Waals surface area contributed by atoms with Crippen LogP contribution in [0.2, 0.25) is 0 Å². The number of benzene rings is 3. The monoisotopic (exact) mass is 409 g/mol. The van der Waals surface area contributed by atoms with Crippen molar-refractivity contribution < 1.29 is 17.9 Å². The predicted octanol–water partition coefficient (Wildman–Crippen LogP) is 3.35. The van der Waals surface area contributed by atoms with E-state index in [1.807, 2.05) is 6.07 Å². The highest BCUT2D eigenvalue weighted by atomic mass is 32.2. The van der Waals surface area contributed by atoms with Gasteiger partial charge in [-0.3, -0.25) is 4.79 Å². The van der Waals surface area contributed by atoms with Gasteiger partial charge in [-0.15, -0.1) is 0 Å². The zero-order chi connectivity index (χ0) is 20.4. The Kier molecular flexibility index (Phi) is 4.96. The van der Waals surface area contributed by atoms with Gasteiger partial charge in [0.2, 0.25) is 10.0 Å². The fraction of sp³-hybridized carbons (Fsp3) is 0.0952. The van der Waals surface area contributed by atoms with Crippen molar-refractivity contribution in [1.29, 1.82) is 0 Å². The topological polar surface area (TPSA) is 96.5 Å². The molecule has 1 aliphatic rings. The number of para-hydroxylation sites is 3. The number of anilines is 2. The lowest BCUT2D eigenvalue weighted by molar-refractivity contribution is 0.102. The normalized spacial score (nSPS) is 16.9. The average Bonchev–Trinajstić information content (AvgIpc) is 2.74. The SMILES string of the molecule is COc1ccccc1NC(=O)c1ccc(C2Nc3ccccc3S(=O)(=O)N2)cc1. The summed E-state index contributed by atoms with van der Waals surface area (Å²) < 4.78 is 32.8.